The van der Waals surface area contributed by atoms with E-state index in [9.17, 15) is 4.79 Å². The van der Waals surface area contributed by atoms with Gasteiger partial charge in [0.05, 0.1) is 112 Å². The van der Waals surface area contributed by atoms with E-state index in [1.165, 1.54) is 116 Å². The van der Waals surface area contributed by atoms with Gasteiger partial charge in [0.15, 0.2) is 0 Å². The summed E-state index contributed by atoms with van der Waals surface area (Å²) < 4.78 is 54.9. The zero-order chi connectivity index (χ0) is 39.6. The van der Waals surface area contributed by atoms with Crippen LogP contribution in [0.1, 0.15) is 155 Å². The van der Waals surface area contributed by atoms with E-state index >= 15 is 0 Å². The molecule has 55 heavy (non-hydrogen) atoms. The van der Waals surface area contributed by atoms with Crippen molar-refractivity contribution in [2.45, 2.75) is 155 Å². The van der Waals surface area contributed by atoms with Crippen LogP contribution < -0.4 is 0 Å². The number of carbonyl (C=O) groups is 1. The molecule has 0 fully saturated rings. The van der Waals surface area contributed by atoms with Gasteiger partial charge in [-0.15, -0.1) is 0 Å². The van der Waals surface area contributed by atoms with E-state index < -0.39 is 0 Å². The number of hydrogen-bond acceptors (Lipinski definition) is 11. The Morgan fingerprint density at radius 2 is 0.473 bits per heavy atom. The molecule has 0 saturated carbocycles. The van der Waals surface area contributed by atoms with Crippen molar-refractivity contribution in [1.29, 1.82) is 0 Å². The summed E-state index contributed by atoms with van der Waals surface area (Å²) in [4.78, 5) is 11.6. The normalized spacial score (nSPS) is 11.5. The maximum absolute atomic E-state index is 11.6. The van der Waals surface area contributed by atoms with Gasteiger partial charge in [0.1, 0.15) is 6.61 Å². The molecule has 0 unspecified atom stereocenters. The molecule has 0 radical (unpaired) electrons. The van der Waals surface area contributed by atoms with Crippen LogP contribution in [0.25, 0.3) is 0 Å². The lowest BCUT2D eigenvalue weighted by molar-refractivity contribution is -0.145. The SMILES string of the molecule is CCCCCCCCCCCCCCCCCCOCCOCCOCCOCCOCCOCCOCCOCCOCCOC(=O)CCCCCCC. The molecule has 0 rings (SSSR count). The number of ether oxygens (including phenoxy) is 10. The van der Waals surface area contributed by atoms with Crippen LogP contribution >= 0.6 is 0 Å². The molecule has 0 amide bonds. The van der Waals surface area contributed by atoms with Crippen molar-refractivity contribution in [2.75, 3.05) is 126 Å². The molecule has 11 heteroatoms. The van der Waals surface area contributed by atoms with Crippen molar-refractivity contribution < 1.29 is 52.2 Å². The first-order valence-corrected chi connectivity index (χ1v) is 22.7. The maximum Gasteiger partial charge on any atom is 0.305 e. The number of esters is 1. The lowest BCUT2D eigenvalue weighted by atomic mass is 10.0. The first kappa shape index (κ1) is 54.1. The molecule has 0 aliphatic heterocycles. The molecule has 11 nitrogen and oxygen atoms in total. The lowest BCUT2D eigenvalue weighted by Crippen LogP contribution is -2.15. The first-order chi connectivity index (χ1) is 27.3. The zero-order valence-electron chi connectivity index (χ0n) is 36.0. The van der Waals surface area contributed by atoms with Gasteiger partial charge in [0, 0.05) is 13.0 Å². The quantitative estimate of drug-likeness (QED) is 0.0434. The third-order valence-electron chi connectivity index (χ3n) is 9.09. The van der Waals surface area contributed by atoms with E-state index in [1.807, 2.05) is 0 Å². The molecule has 0 saturated heterocycles. The van der Waals surface area contributed by atoms with Gasteiger partial charge in [-0.25, -0.2) is 0 Å². The fourth-order valence-corrected chi connectivity index (χ4v) is 5.77. The minimum absolute atomic E-state index is 0.142. The van der Waals surface area contributed by atoms with E-state index in [4.69, 9.17) is 47.4 Å². The summed E-state index contributed by atoms with van der Waals surface area (Å²) in [6, 6.07) is 0. The molecule has 0 bridgehead atoms. The Balaban J connectivity index is 3.08. The van der Waals surface area contributed by atoms with Crippen molar-refractivity contribution in [3.63, 3.8) is 0 Å². The van der Waals surface area contributed by atoms with Crippen molar-refractivity contribution >= 4 is 5.97 Å². The van der Waals surface area contributed by atoms with Crippen molar-refractivity contribution in [3.05, 3.63) is 0 Å². The number of hydrogen-bond donors (Lipinski definition) is 0. The second-order valence-corrected chi connectivity index (χ2v) is 14.2. The van der Waals surface area contributed by atoms with Crippen LogP contribution in [-0.2, 0) is 52.2 Å². The number of carbonyl (C=O) groups excluding carboxylic acids is 1. The summed E-state index contributed by atoms with van der Waals surface area (Å²) >= 11 is 0. The molecule has 0 spiro atoms. The maximum atomic E-state index is 11.6. The highest BCUT2D eigenvalue weighted by molar-refractivity contribution is 5.69. The molecule has 0 heterocycles. The molecular formula is C44H88O11. The Bertz CT molecular complexity index is 701. The Labute approximate surface area is 338 Å². The van der Waals surface area contributed by atoms with Crippen LogP contribution in [0.15, 0.2) is 0 Å². The molecule has 0 atom stereocenters. The van der Waals surface area contributed by atoms with Gasteiger partial charge in [-0.2, -0.15) is 0 Å². The Morgan fingerprint density at radius 3 is 0.764 bits per heavy atom. The van der Waals surface area contributed by atoms with Gasteiger partial charge in [0.2, 0.25) is 0 Å². The number of rotatable bonds is 50. The summed E-state index contributed by atoms with van der Waals surface area (Å²) in [7, 11) is 0. The minimum atomic E-state index is -0.142. The smallest absolute Gasteiger partial charge is 0.305 e. The van der Waals surface area contributed by atoms with Crippen LogP contribution in [0.4, 0.5) is 0 Å². The van der Waals surface area contributed by atoms with E-state index in [1.54, 1.807) is 0 Å². The Hall–Kier alpha value is -0.890. The van der Waals surface area contributed by atoms with Crippen molar-refractivity contribution in [2.24, 2.45) is 0 Å². The third-order valence-corrected chi connectivity index (χ3v) is 9.09. The van der Waals surface area contributed by atoms with E-state index in [-0.39, 0.29) is 5.97 Å². The van der Waals surface area contributed by atoms with Gasteiger partial charge in [-0.3, -0.25) is 4.79 Å². The summed E-state index contributed by atoms with van der Waals surface area (Å²) in [5.74, 6) is -0.142. The molecule has 0 aromatic carbocycles. The van der Waals surface area contributed by atoms with Crippen LogP contribution in [0.3, 0.4) is 0 Å². The van der Waals surface area contributed by atoms with Gasteiger partial charge in [-0.05, 0) is 12.8 Å². The van der Waals surface area contributed by atoms with Crippen LogP contribution in [0, 0.1) is 0 Å². The summed E-state index contributed by atoms with van der Waals surface area (Å²) in [5, 5.41) is 0. The summed E-state index contributed by atoms with van der Waals surface area (Å²) in [5.41, 5.74) is 0. The highest BCUT2D eigenvalue weighted by atomic mass is 16.6. The average Bonchev–Trinajstić information content (AvgIpc) is 3.19. The third kappa shape index (κ3) is 51.1. The van der Waals surface area contributed by atoms with Gasteiger partial charge < -0.3 is 47.4 Å². The molecule has 0 aliphatic rings. The standard InChI is InChI=1S/C44H88O11/c1-3-5-7-9-10-11-12-13-14-15-16-17-18-19-21-23-25-46-26-27-47-28-29-48-30-31-49-32-33-50-34-35-51-36-37-52-38-39-53-40-41-54-42-43-55-44(45)24-22-20-8-6-4-2/h3-43H2,1-2H3. The topological polar surface area (TPSA) is 109 Å². The predicted molar refractivity (Wildman–Crippen MR) is 221 cm³/mol. The second kappa shape index (κ2) is 51.1. The molecule has 0 aromatic rings. The van der Waals surface area contributed by atoms with E-state index in [0.29, 0.717) is 125 Å². The number of unbranched alkanes of at least 4 members (excludes halogenated alkanes) is 19. The minimum Gasteiger partial charge on any atom is -0.463 e. The largest absolute Gasteiger partial charge is 0.463 e. The average molecular weight is 793 g/mol. The van der Waals surface area contributed by atoms with E-state index in [2.05, 4.69) is 13.8 Å². The Morgan fingerprint density at radius 1 is 0.255 bits per heavy atom. The van der Waals surface area contributed by atoms with Crippen molar-refractivity contribution in [3.8, 4) is 0 Å². The van der Waals surface area contributed by atoms with Gasteiger partial charge in [-0.1, -0.05) is 136 Å². The Kier molecular flexibility index (Phi) is 50.3. The summed E-state index contributed by atoms with van der Waals surface area (Å²) in [6.07, 6.45) is 28.3. The van der Waals surface area contributed by atoms with Gasteiger partial charge >= 0.3 is 5.97 Å². The highest BCUT2D eigenvalue weighted by Gasteiger charge is 2.03. The molecule has 330 valence electrons. The van der Waals surface area contributed by atoms with Crippen molar-refractivity contribution in [1.82, 2.24) is 0 Å². The predicted octanol–water partition coefficient (Wildman–Crippen LogP) is 9.30. The lowest BCUT2D eigenvalue weighted by Gasteiger charge is -2.09. The monoisotopic (exact) mass is 793 g/mol. The summed E-state index contributed by atoms with van der Waals surface area (Å²) in [6.45, 7) is 14.5. The van der Waals surface area contributed by atoms with Crippen LogP contribution in [0.2, 0.25) is 0 Å². The molecule has 0 N–H and O–H groups in total. The molecule has 0 aromatic heterocycles. The van der Waals surface area contributed by atoms with Gasteiger partial charge in [0.25, 0.3) is 0 Å². The van der Waals surface area contributed by atoms with E-state index in [0.717, 1.165) is 25.9 Å². The zero-order valence-corrected chi connectivity index (χ0v) is 36.0. The van der Waals surface area contributed by atoms with Crippen LogP contribution in [0.5, 0.6) is 0 Å². The molecule has 0 aliphatic carbocycles. The highest BCUT2D eigenvalue weighted by Crippen LogP contribution is 2.14. The second-order valence-electron chi connectivity index (χ2n) is 14.2. The van der Waals surface area contributed by atoms with Crippen LogP contribution in [-0.4, -0.2) is 132 Å². The first-order valence-electron chi connectivity index (χ1n) is 22.7. The fourth-order valence-electron chi connectivity index (χ4n) is 5.77. The fraction of sp³-hybridized carbons (Fsp3) is 0.977. The molecular weight excluding hydrogens is 704 g/mol.